The van der Waals surface area contributed by atoms with E-state index in [2.05, 4.69) is 10.6 Å². The first-order valence-electron chi connectivity index (χ1n) is 5.63. The molecule has 0 aliphatic heterocycles. The van der Waals surface area contributed by atoms with E-state index in [-0.39, 0.29) is 25.0 Å². The Morgan fingerprint density at radius 1 is 1.33 bits per heavy atom. The first-order valence-corrected chi connectivity index (χ1v) is 6.51. The smallest absolute Gasteiger partial charge is 0.320 e. The number of carbonyl (C=O) groups is 2. The summed E-state index contributed by atoms with van der Waals surface area (Å²) in [6, 6.07) is 3.67. The minimum absolute atomic E-state index is 0.0229. The molecule has 0 aliphatic carbocycles. The monoisotopic (exact) mass is 270 g/mol. The summed E-state index contributed by atoms with van der Waals surface area (Å²) in [5.74, 6) is -0.549. The van der Waals surface area contributed by atoms with Crippen molar-refractivity contribution in [1.29, 1.82) is 0 Å². The van der Waals surface area contributed by atoms with Crippen molar-refractivity contribution >= 4 is 28.2 Å². The van der Waals surface area contributed by atoms with Gasteiger partial charge in [-0.05, 0) is 38.3 Å². The molecule has 2 N–H and O–H groups in total. The lowest BCUT2D eigenvalue weighted by molar-refractivity contribution is -0.153. The first-order chi connectivity index (χ1) is 8.37. The molecule has 0 aromatic carbocycles. The molecule has 0 saturated heterocycles. The molecule has 1 amide bonds. The van der Waals surface area contributed by atoms with Crippen molar-refractivity contribution in [3.63, 3.8) is 0 Å². The van der Waals surface area contributed by atoms with E-state index in [1.165, 1.54) is 11.3 Å². The van der Waals surface area contributed by atoms with Gasteiger partial charge in [-0.3, -0.25) is 14.9 Å². The molecule has 0 bridgehead atoms. The van der Waals surface area contributed by atoms with E-state index in [1.54, 1.807) is 20.8 Å². The highest BCUT2D eigenvalue weighted by Crippen LogP contribution is 2.14. The number of amides is 1. The van der Waals surface area contributed by atoms with Gasteiger partial charge in [-0.15, -0.1) is 11.3 Å². The maximum Gasteiger partial charge on any atom is 0.320 e. The molecule has 1 rings (SSSR count). The van der Waals surface area contributed by atoms with Gasteiger partial charge in [-0.25, -0.2) is 0 Å². The number of anilines is 1. The Bertz CT molecular complexity index is 396. The predicted octanol–water partition coefficient (Wildman–Crippen LogP) is 1.62. The van der Waals surface area contributed by atoms with Gasteiger partial charge in [0, 0.05) is 0 Å². The molecule has 5 nitrogen and oxygen atoms in total. The van der Waals surface area contributed by atoms with Crippen molar-refractivity contribution < 1.29 is 14.3 Å². The van der Waals surface area contributed by atoms with E-state index in [0.29, 0.717) is 0 Å². The average molecular weight is 270 g/mol. The molecule has 1 heterocycles. The molecular formula is C12H18N2O3S. The quantitative estimate of drug-likeness (QED) is 0.798. The summed E-state index contributed by atoms with van der Waals surface area (Å²) in [4.78, 5) is 22.8. The fraction of sp³-hybridized carbons (Fsp3) is 0.500. The third-order valence-corrected chi connectivity index (χ3v) is 2.54. The molecule has 0 radical (unpaired) electrons. The molecule has 0 unspecified atom stereocenters. The number of thiophene rings is 1. The Hall–Kier alpha value is -1.40. The minimum atomic E-state index is -0.502. The lowest BCUT2D eigenvalue weighted by Gasteiger charge is -2.19. The second-order valence-electron chi connectivity index (χ2n) is 4.72. The van der Waals surface area contributed by atoms with Gasteiger partial charge in [-0.1, -0.05) is 0 Å². The van der Waals surface area contributed by atoms with Gasteiger partial charge in [0.25, 0.3) is 0 Å². The number of esters is 1. The van der Waals surface area contributed by atoms with Gasteiger partial charge < -0.3 is 10.1 Å². The van der Waals surface area contributed by atoms with E-state index < -0.39 is 5.60 Å². The van der Waals surface area contributed by atoms with Crippen LogP contribution in [0.1, 0.15) is 20.8 Å². The fourth-order valence-electron chi connectivity index (χ4n) is 1.19. The van der Waals surface area contributed by atoms with Crippen LogP contribution in [0.3, 0.4) is 0 Å². The predicted molar refractivity (Wildman–Crippen MR) is 71.7 cm³/mol. The van der Waals surface area contributed by atoms with Crippen LogP contribution in [0.15, 0.2) is 17.5 Å². The van der Waals surface area contributed by atoms with Gasteiger partial charge in [0.1, 0.15) is 5.60 Å². The second-order valence-corrected chi connectivity index (χ2v) is 5.66. The van der Waals surface area contributed by atoms with Gasteiger partial charge in [0.15, 0.2) is 0 Å². The van der Waals surface area contributed by atoms with Crippen LogP contribution in [0.5, 0.6) is 0 Å². The standard InChI is InChI=1S/C12H18N2O3S/c1-12(2,3)17-11(16)8-13-7-9(15)14-10-5-4-6-18-10/h4-6,13H,7-8H2,1-3H3,(H,14,15). The van der Waals surface area contributed by atoms with Crippen LogP contribution >= 0.6 is 11.3 Å². The summed E-state index contributed by atoms with van der Waals surface area (Å²) in [6.45, 7) is 5.50. The average Bonchev–Trinajstić information content (AvgIpc) is 2.67. The molecule has 18 heavy (non-hydrogen) atoms. The lowest BCUT2D eigenvalue weighted by atomic mass is 10.2. The van der Waals surface area contributed by atoms with Crippen molar-refractivity contribution in [3.05, 3.63) is 17.5 Å². The fourth-order valence-corrected chi connectivity index (χ4v) is 1.82. The molecule has 1 aromatic heterocycles. The van der Waals surface area contributed by atoms with Gasteiger partial charge in [0.05, 0.1) is 18.1 Å². The molecule has 100 valence electrons. The van der Waals surface area contributed by atoms with Crippen molar-refractivity contribution in [2.75, 3.05) is 18.4 Å². The number of hydrogen-bond acceptors (Lipinski definition) is 5. The molecule has 6 heteroatoms. The van der Waals surface area contributed by atoms with E-state index in [0.717, 1.165) is 5.00 Å². The molecule has 0 saturated carbocycles. The molecule has 0 aliphatic rings. The summed E-state index contributed by atoms with van der Waals surface area (Å²) in [5.41, 5.74) is -0.502. The van der Waals surface area contributed by atoms with Crippen molar-refractivity contribution in [2.45, 2.75) is 26.4 Å². The Labute approximate surface area is 111 Å². The Morgan fingerprint density at radius 3 is 2.61 bits per heavy atom. The number of nitrogens with one attached hydrogen (secondary N) is 2. The van der Waals surface area contributed by atoms with E-state index in [4.69, 9.17) is 4.74 Å². The molecule has 0 atom stereocenters. The summed E-state index contributed by atoms with van der Waals surface area (Å²) < 4.78 is 5.09. The zero-order chi connectivity index (χ0) is 13.6. The minimum Gasteiger partial charge on any atom is -0.459 e. The van der Waals surface area contributed by atoms with Crippen molar-refractivity contribution in [2.24, 2.45) is 0 Å². The number of hydrogen-bond donors (Lipinski definition) is 2. The number of carbonyl (C=O) groups excluding carboxylic acids is 2. The highest BCUT2D eigenvalue weighted by Gasteiger charge is 2.15. The van der Waals surface area contributed by atoms with Crippen LogP contribution in [-0.2, 0) is 14.3 Å². The highest BCUT2D eigenvalue weighted by atomic mass is 32.1. The van der Waals surface area contributed by atoms with Gasteiger partial charge in [-0.2, -0.15) is 0 Å². The summed E-state index contributed by atoms with van der Waals surface area (Å²) in [5, 5.41) is 8.12. The van der Waals surface area contributed by atoms with Gasteiger partial charge in [0.2, 0.25) is 5.91 Å². The van der Waals surface area contributed by atoms with E-state index in [9.17, 15) is 9.59 Å². The van der Waals surface area contributed by atoms with Crippen molar-refractivity contribution in [1.82, 2.24) is 5.32 Å². The Balaban J connectivity index is 2.18. The zero-order valence-electron chi connectivity index (χ0n) is 10.8. The third kappa shape index (κ3) is 6.36. The van der Waals surface area contributed by atoms with Crippen LogP contribution in [-0.4, -0.2) is 30.6 Å². The second kappa shape index (κ2) is 6.51. The number of ether oxygens (including phenoxy) is 1. The zero-order valence-corrected chi connectivity index (χ0v) is 11.6. The van der Waals surface area contributed by atoms with Crippen LogP contribution in [0.4, 0.5) is 5.00 Å². The maximum absolute atomic E-state index is 11.5. The molecule has 0 fully saturated rings. The molecule has 1 aromatic rings. The largest absolute Gasteiger partial charge is 0.459 e. The lowest BCUT2D eigenvalue weighted by Crippen LogP contribution is -2.35. The van der Waals surface area contributed by atoms with Crippen molar-refractivity contribution in [3.8, 4) is 0 Å². The normalized spacial score (nSPS) is 11.1. The Morgan fingerprint density at radius 2 is 2.06 bits per heavy atom. The summed E-state index contributed by atoms with van der Waals surface area (Å²) >= 11 is 1.45. The maximum atomic E-state index is 11.5. The van der Waals surface area contributed by atoms with Crippen LogP contribution in [0.25, 0.3) is 0 Å². The topological polar surface area (TPSA) is 67.4 Å². The van der Waals surface area contributed by atoms with Crippen LogP contribution < -0.4 is 10.6 Å². The first kappa shape index (κ1) is 14.7. The molecule has 0 spiro atoms. The third-order valence-electron chi connectivity index (χ3n) is 1.76. The van der Waals surface area contributed by atoms with E-state index in [1.807, 2.05) is 17.5 Å². The van der Waals surface area contributed by atoms with Crippen LogP contribution in [0.2, 0.25) is 0 Å². The number of rotatable bonds is 5. The molecular weight excluding hydrogens is 252 g/mol. The highest BCUT2D eigenvalue weighted by molar-refractivity contribution is 7.14. The van der Waals surface area contributed by atoms with Crippen LogP contribution in [0, 0.1) is 0 Å². The summed E-state index contributed by atoms with van der Waals surface area (Å²) in [7, 11) is 0. The Kier molecular flexibility index (Phi) is 5.30. The van der Waals surface area contributed by atoms with Gasteiger partial charge >= 0.3 is 5.97 Å². The summed E-state index contributed by atoms with van der Waals surface area (Å²) in [6.07, 6.45) is 0. The van der Waals surface area contributed by atoms with E-state index >= 15 is 0 Å². The SMILES string of the molecule is CC(C)(C)OC(=O)CNCC(=O)Nc1cccs1.